The fourth-order valence-electron chi connectivity index (χ4n) is 7.49. The zero-order valence-electron chi connectivity index (χ0n) is 34.0. The van der Waals surface area contributed by atoms with Gasteiger partial charge < -0.3 is 89.9 Å². The predicted molar refractivity (Wildman–Crippen MR) is 204 cm³/mol. The third-order valence-electron chi connectivity index (χ3n) is 11.2. The second-order valence-electron chi connectivity index (χ2n) is 15.8. The summed E-state index contributed by atoms with van der Waals surface area (Å²) in [7, 11) is 0. The fraction of sp³-hybridized carbons (Fsp3) is 0.974. The van der Waals surface area contributed by atoms with E-state index in [-0.39, 0.29) is 18.9 Å². The van der Waals surface area contributed by atoms with Crippen LogP contribution in [0.5, 0.6) is 0 Å². The van der Waals surface area contributed by atoms with Crippen LogP contribution in [0.15, 0.2) is 0 Å². The lowest BCUT2D eigenvalue weighted by molar-refractivity contribution is -0.379. The highest BCUT2D eigenvalue weighted by Gasteiger charge is 2.53. The molecule has 0 aromatic carbocycles. The molecule has 17 atom stereocenters. The molecule has 3 heterocycles. The Morgan fingerprint density at radius 1 is 0.552 bits per heavy atom. The zero-order chi connectivity index (χ0) is 42.8. The van der Waals surface area contributed by atoms with Gasteiger partial charge in [-0.2, -0.15) is 0 Å². The summed E-state index contributed by atoms with van der Waals surface area (Å²) in [6, 6.07) is -0.872. The van der Waals surface area contributed by atoms with Crippen LogP contribution in [0.3, 0.4) is 0 Å². The van der Waals surface area contributed by atoms with Gasteiger partial charge in [-0.05, 0) is 12.8 Å². The molecule has 3 aliphatic heterocycles. The lowest BCUT2D eigenvalue weighted by atomic mass is 9.96. The summed E-state index contributed by atoms with van der Waals surface area (Å²) < 4.78 is 33.8. The molecule has 58 heavy (non-hydrogen) atoms. The van der Waals surface area contributed by atoms with Crippen LogP contribution in [0.2, 0.25) is 0 Å². The number of rotatable bonds is 27. The van der Waals surface area contributed by atoms with Gasteiger partial charge in [0.05, 0.1) is 38.6 Å². The summed E-state index contributed by atoms with van der Waals surface area (Å²) in [5, 5.41) is 118. The van der Waals surface area contributed by atoms with Gasteiger partial charge in [0, 0.05) is 6.42 Å². The number of amides is 1. The van der Waals surface area contributed by atoms with Crippen molar-refractivity contribution >= 4 is 5.91 Å². The van der Waals surface area contributed by atoms with Gasteiger partial charge in [-0.15, -0.1) is 0 Å². The summed E-state index contributed by atoms with van der Waals surface area (Å²) in [6.45, 7) is 1.55. The molecular formula is C39H73NO18. The molecular weight excluding hydrogens is 770 g/mol. The van der Waals surface area contributed by atoms with Gasteiger partial charge in [-0.25, -0.2) is 0 Å². The summed E-state index contributed by atoms with van der Waals surface area (Å²) >= 11 is 0. The van der Waals surface area contributed by atoms with Crippen molar-refractivity contribution in [1.29, 1.82) is 0 Å². The molecule has 0 bridgehead atoms. The summed E-state index contributed by atoms with van der Waals surface area (Å²) in [6.07, 6.45) is -12.3. The summed E-state index contributed by atoms with van der Waals surface area (Å²) in [5.74, 6) is -0.258. The molecule has 3 fully saturated rings. The predicted octanol–water partition coefficient (Wildman–Crippen LogP) is -1.81. The number of carbonyl (C=O) groups excluding carboxylic acids is 1. The molecule has 0 aliphatic carbocycles. The van der Waals surface area contributed by atoms with E-state index in [1.165, 1.54) is 32.1 Å². The van der Waals surface area contributed by atoms with Crippen molar-refractivity contribution in [2.45, 2.75) is 214 Å². The van der Waals surface area contributed by atoms with Crippen molar-refractivity contribution in [2.24, 2.45) is 0 Å². The van der Waals surface area contributed by atoms with E-state index in [1.54, 1.807) is 0 Å². The van der Waals surface area contributed by atoms with Crippen molar-refractivity contribution in [3.63, 3.8) is 0 Å². The lowest BCUT2D eigenvalue weighted by Crippen LogP contribution is -2.66. The largest absolute Gasteiger partial charge is 0.394 e. The molecule has 3 aliphatic rings. The van der Waals surface area contributed by atoms with Crippen LogP contribution < -0.4 is 5.32 Å². The number of ether oxygens (including phenoxy) is 6. The van der Waals surface area contributed by atoms with E-state index < -0.39 is 124 Å². The van der Waals surface area contributed by atoms with Crippen molar-refractivity contribution in [3.8, 4) is 0 Å². The zero-order valence-corrected chi connectivity index (χ0v) is 34.0. The third-order valence-corrected chi connectivity index (χ3v) is 11.2. The van der Waals surface area contributed by atoms with Gasteiger partial charge in [0.1, 0.15) is 73.2 Å². The minimum absolute atomic E-state index is 0.258. The first-order valence-corrected chi connectivity index (χ1v) is 21.3. The Labute approximate surface area is 341 Å². The van der Waals surface area contributed by atoms with E-state index in [0.29, 0.717) is 19.3 Å². The van der Waals surface area contributed by atoms with Gasteiger partial charge in [0.15, 0.2) is 18.9 Å². The molecule has 17 unspecified atom stereocenters. The van der Waals surface area contributed by atoms with Gasteiger partial charge in [-0.1, -0.05) is 90.9 Å². The minimum Gasteiger partial charge on any atom is -0.394 e. The van der Waals surface area contributed by atoms with Crippen LogP contribution in [0.25, 0.3) is 0 Å². The first-order valence-electron chi connectivity index (χ1n) is 21.3. The average Bonchev–Trinajstić information content (AvgIpc) is 3.22. The second-order valence-corrected chi connectivity index (χ2v) is 15.8. The van der Waals surface area contributed by atoms with Crippen LogP contribution >= 0.6 is 0 Å². The fourth-order valence-corrected chi connectivity index (χ4v) is 7.49. The second kappa shape index (κ2) is 27.0. The molecule has 12 N–H and O–H groups in total. The Morgan fingerprint density at radius 3 is 1.50 bits per heavy atom. The van der Waals surface area contributed by atoms with Gasteiger partial charge >= 0.3 is 0 Å². The molecule has 1 amide bonds. The van der Waals surface area contributed by atoms with Crippen molar-refractivity contribution in [2.75, 3.05) is 26.4 Å². The van der Waals surface area contributed by atoms with Crippen LogP contribution in [0.1, 0.15) is 110 Å². The molecule has 0 saturated carbocycles. The Kier molecular flexibility index (Phi) is 23.8. The molecule has 3 saturated heterocycles. The van der Waals surface area contributed by atoms with E-state index in [1.807, 2.05) is 0 Å². The smallest absolute Gasteiger partial charge is 0.220 e. The topological polar surface area (TPSA) is 307 Å². The van der Waals surface area contributed by atoms with Gasteiger partial charge in [-0.3, -0.25) is 4.79 Å². The number of unbranched alkanes of at least 4 members (excludes halogenated alkanes) is 11. The minimum atomic E-state index is -1.96. The van der Waals surface area contributed by atoms with E-state index in [4.69, 9.17) is 28.4 Å². The highest BCUT2D eigenvalue weighted by molar-refractivity contribution is 5.76. The number of hydrogen-bond acceptors (Lipinski definition) is 18. The Morgan fingerprint density at radius 2 is 0.983 bits per heavy atom. The monoisotopic (exact) mass is 843 g/mol. The average molecular weight is 844 g/mol. The molecule has 19 heteroatoms. The third kappa shape index (κ3) is 15.0. The van der Waals surface area contributed by atoms with Gasteiger partial charge in [0.2, 0.25) is 5.91 Å². The molecule has 19 nitrogen and oxygen atoms in total. The standard InChI is InChI=1S/C39H73NO18/c1-3-5-7-9-10-11-12-13-15-17-27(45)40-22(23(44)16-14-8-6-4-2)21-53-37-33(51)30(48)35(25(19-42)55-37)58-39-34(52)31(49)36(26(20-43)56-39)57-38-32(50)29(47)28(46)24(18-41)54-38/h22-26,28-39,41-44,46-52H,3-21H2,1-2H3,(H,40,45). The molecule has 342 valence electrons. The molecule has 0 aromatic rings. The van der Waals surface area contributed by atoms with Crippen LogP contribution in [0, 0.1) is 0 Å². The summed E-state index contributed by atoms with van der Waals surface area (Å²) in [5.41, 5.74) is 0. The maximum absolute atomic E-state index is 13.0. The lowest BCUT2D eigenvalue weighted by Gasteiger charge is -2.48. The van der Waals surface area contributed by atoms with Crippen LogP contribution in [0.4, 0.5) is 0 Å². The van der Waals surface area contributed by atoms with Gasteiger partial charge in [0.25, 0.3) is 0 Å². The quantitative estimate of drug-likeness (QED) is 0.0406. The number of carbonyl (C=O) groups is 1. The van der Waals surface area contributed by atoms with E-state index in [2.05, 4.69) is 19.2 Å². The molecule has 0 spiro atoms. The highest BCUT2D eigenvalue weighted by atomic mass is 16.8. The number of aliphatic hydroxyl groups excluding tert-OH is 11. The van der Waals surface area contributed by atoms with Crippen molar-refractivity contribution < 1.29 is 89.4 Å². The summed E-state index contributed by atoms with van der Waals surface area (Å²) in [4.78, 5) is 13.0. The Balaban J connectivity index is 1.59. The Bertz CT molecular complexity index is 1110. The first-order chi connectivity index (χ1) is 27.8. The van der Waals surface area contributed by atoms with Crippen molar-refractivity contribution in [1.82, 2.24) is 5.32 Å². The number of hydrogen-bond donors (Lipinski definition) is 12. The number of aliphatic hydroxyl groups is 11. The van der Waals surface area contributed by atoms with E-state index in [9.17, 15) is 61.0 Å². The Hall–Kier alpha value is -1.21. The van der Waals surface area contributed by atoms with Crippen molar-refractivity contribution in [3.05, 3.63) is 0 Å². The van der Waals surface area contributed by atoms with E-state index in [0.717, 1.165) is 38.5 Å². The molecule has 0 radical (unpaired) electrons. The van der Waals surface area contributed by atoms with Crippen LogP contribution in [-0.4, -0.2) is 193 Å². The highest BCUT2D eigenvalue weighted by Crippen LogP contribution is 2.33. The van der Waals surface area contributed by atoms with Crippen LogP contribution in [-0.2, 0) is 33.2 Å². The first kappa shape index (κ1) is 51.1. The molecule has 0 aromatic heterocycles. The maximum atomic E-state index is 13.0. The SMILES string of the molecule is CCCCCCCCCCCC(=O)NC(COC1OC(CO)C(OC2OC(CO)C(OC3OC(CO)C(O)C(O)C3O)C(O)C2O)C(O)C1O)C(O)CCCCCC. The van der Waals surface area contributed by atoms with E-state index >= 15 is 0 Å². The number of nitrogens with one attached hydrogen (secondary N) is 1. The maximum Gasteiger partial charge on any atom is 0.220 e. The molecule has 3 rings (SSSR count). The normalized spacial score (nSPS) is 36.7.